The molecule has 19 heteroatoms. The number of phosphoric acid groups is 2. The zero-order chi connectivity index (χ0) is 65.0. The first kappa shape index (κ1) is 86.1. The summed E-state index contributed by atoms with van der Waals surface area (Å²) in [5.74, 6) is -0.602. The number of rotatable bonds is 68. The van der Waals surface area contributed by atoms with Crippen LogP contribution in [0.15, 0.2) is 0 Å². The number of unbranched alkanes of at least 4 members (excludes halogenated alkanes) is 37. The van der Waals surface area contributed by atoms with E-state index in [-0.39, 0.29) is 25.7 Å². The van der Waals surface area contributed by atoms with Crippen LogP contribution in [0.25, 0.3) is 0 Å². The number of aliphatic hydroxyl groups excluding tert-OH is 1. The van der Waals surface area contributed by atoms with E-state index in [0.29, 0.717) is 25.7 Å². The number of esters is 4. The number of ether oxygens (including phenoxy) is 4. The van der Waals surface area contributed by atoms with Crippen LogP contribution in [0.1, 0.15) is 350 Å². The van der Waals surface area contributed by atoms with Gasteiger partial charge in [0, 0.05) is 25.7 Å². The van der Waals surface area contributed by atoms with Crippen LogP contribution in [0.4, 0.5) is 0 Å². The van der Waals surface area contributed by atoms with Gasteiger partial charge in [0.05, 0.1) is 26.4 Å². The topological polar surface area (TPSA) is 237 Å². The lowest BCUT2D eigenvalue weighted by molar-refractivity contribution is -0.161. The van der Waals surface area contributed by atoms with E-state index >= 15 is 0 Å². The highest BCUT2D eigenvalue weighted by molar-refractivity contribution is 7.47. The van der Waals surface area contributed by atoms with Crippen molar-refractivity contribution in [2.24, 2.45) is 11.8 Å². The van der Waals surface area contributed by atoms with Gasteiger partial charge in [0.25, 0.3) is 0 Å². The predicted octanol–water partition coefficient (Wildman–Crippen LogP) is 19.6. The predicted molar refractivity (Wildman–Crippen MR) is 354 cm³/mol. The van der Waals surface area contributed by atoms with Crippen molar-refractivity contribution in [2.75, 3.05) is 39.6 Å². The van der Waals surface area contributed by atoms with Crippen LogP contribution in [0, 0.1) is 11.8 Å². The van der Waals surface area contributed by atoms with Crippen molar-refractivity contribution in [1.29, 1.82) is 0 Å². The zero-order valence-corrected chi connectivity index (χ0v) is 58.8. The summed E-state index contributed by atoms with van der Waals surface area (Å²) in [6.07, 6.45) is 46.0. The van der Waals surface area contributed by atoms with E-state index in [4.69, 9.17) is 37.0 Å². The molecule has 0 radical (unpaired) electrons. The minimum atomic E-state index is -4.95. The Labute approximate surface area is 537 Å². The fourth-order valence-corrected chi connectivity index (χ4v) is 12.0. The van der Waals surface area contributed by atoms with E-state index in [9.17, 15) is 43.2 Å². The number of phosphoric ester groups is 2. The molecule has 3 unspecified atom stereocenters. The molecule has 0 aliphatic heterocycles. The number of carbonyl (C=O) groups is 4. The van der Waals surface area contributed by atoms with Gasteiger partial charge in [-0.15, -0.1) is 0 Å². The zero-order valence-electron chi connectivity index (χ0n) is 57.0. The molecule has 0 saturated carbocycles. The van der Waals surface area contributed by atoms with E-state index in [1.54, 1.807) is 0 Å². The van der Waals surface area contributed by atoms with Crippen LogP contribution >= 0.6 is 15.6 Å². The van der Waals surface area contributed by atoms with Crippen LogP contribution < -0.4 is 0 Å². The molecule has 88 heavy (non-hydrogen) atoms. The summed E-state index contributed by atoms with van der Waals surface area (Å²) in [7, 11) is -9.89. The fraction of sp³-hybridized carbons (Fsp3) is 0.942. The van der Waals surface area contributed by atoms with Gasteiger partial charge in [0.1, 0.15) is 19.3 Å². The highest BCUT2D eigenvalue weighted by atomic mass is 31.2. The Hall–Kier alpha value is -1.94. The third-order valence-corrected chi connectivity index (χ3v) is 18.2. The number of carbonyl (C=O) groups excluding carboxylic acids is 4. The molecule has 0 spiro atoms. The van der Waals surface area contributed by atoms with Crippen molar-refractivity contribution < 1.29 is 80.2 Å². The van der Waals surface area contributed by atoms with Crippen molar-refractivity contribution in [2.45, 2.75) is 368 Å². The Morgan fingerprint density at radius 2 is 0.580 bits per heavy atom. The third-order valence-electron chi connectivity index (χ3n) is 16.3. The lowest BCUT2D eigenvalue weighted by Crippen LogP contribution is -2.30. The van der Waals surface area contributed by atoms with Gasteiger partial charge in [-0.25, -0.2) is 9.13 Å². The maximum Gasteiger partial charge on any atom is 0.472 e. The molecular weight excluding hydrogens is 1160 g/mol. The van der Waals surface area contributed by atoms with Crippen LogP contribution in [0.3, 0.4) is 0 Å². The molecule has 0 saturated heterocycles. The highest BCUT2D eigenvalue weighted by Crippen LogP contribution is 2.45. The first-order chi connectivity index (χ1) is 42.4. The molecule has 17 nitrogen and oxygen atoms in total. The Balaban J connectivity index is 5.17. The number of aliphatic hydroxyl groups is 1. The van der Waals surface area contributed by atoms with Crippen molar-refractivity contribution >= 4 is 39.5 Å². The second-order valence-electron chi connectivity index (χ2n) is 25.6. The van der Waals surface area contributed by atoms with Gasteiger partial charge in [-0.05, 0) is 37.5 Å². The minimum Gasteiger partial charge on any atom is -0.462 e. The summed E-state index contributed by atoms with van der Waals surface area (Å²) in [5, 5.41) is 10.6. The van der Waals surface area contributed by atoms with Gasteiger partial charge in [0.15, 0.2) is 12.2 Å². The molecule has 0 aliphatic carbocycles. The molecule has 0 bridgehead atoms. The normalized spacial score (nSPS) is 14.5. The van der Waals surface area contributed by atoms with Crippen molar-refractivity contribution in [3.63, 3.8) is 0 Å². The van der Waals surface area contributed by atoms with Gasteiger partial charge in [-0.2, -0.15) is 0 Å². The molecule has 0 aromatic carbocycles. The average Bonchev–Trinajstić information content (AvgIpc) is 3.63. The summed E-state index contributed by atoms with van der Waals surface area (Å²) < 4.78 is 68.1. The van der Waals surface area contributed by atoms with Gasteiger partial charge in [-0.1, -0.05) is 298 Å². The summed E-state index contributed by atoms with van der Waals surface area (Å²) in [5.41, 5.74) is 0. The first-order valence-electron chi connectivity index (χ1n) is 36.0. The molecule has 0 rings (SSSR count). The monoisotopic (exact) mass is 1300 g/mol. The van der Waals surface area contributed by atoms with Gasteiger partial charge in [-0.3, -0.25) is 37.3 Å². The molecule has 0 heterocycles. The Morgan fingerprint density at radius 1 is 0.330 bits per heavy atom. The molecule has 0 aromatic heterocycles. The molecular formula is C69H134O17P2. The Morgan fingerprint density at radius 3 is 0.864 bits per heavy atom. The lowest BCUT2D eigenvalue weighted by atomic mass is 10.00. The van der Waals surface area contributed by atoms with Gasteiger partial charge < -0.3 is 33.8 Å². The van der Waals surface area contributed by atoms with E-state index < -0.39 is 97.5 Å². The van der Waals surface area contributed by atoms with E-state index in [0.717, 1.165) is 115 Å². The van der Waals surface area contributed by atoms with Crippen LogP contribution in [0.2, 0.25) is 0 Å². The van der Waals surface area contributed by atoms with Crippen molar-refractivity contribution in [3.8, 4) is 0 Å². The number of hydrogen-bond donors (Lipinski definition) is 3. The maximum absolute atomic E-state index is 13.0. The van der Waals surface area contributed by atoms with Crippen LogP contribution in [-0.4, -0.2) is 96.7 Å². The first-order valence-corrected chi connectivity index (χ1v) is 39.0. The Kier molecular flexibility index (Phi) is 59.9. The van der Waals surface area contributed by atoms with E-state index in [2.05, 4.69) is 41.5 Å². The molecule has 0 fully saturated rings. The van der Waals surface area contributed by atoms with E-state index in [1.165, 1.54) is 154 Å². The summed E-state index contributed by atoms with van der Waals surface area (Å²) >= 11 is 0. The quantitative estimate of drug-likeness (QED) is 0.0222. The van der Waals surface area contributed by atoms with E-state index in [1.807, 2.05) is 0 Å². The van der Waals surface area contributed by atoms with Gasteiger partial charge >= 0.3 is 39.5 Å². The minimum absolute atomic E-state index is 0.103. The number of hydrogen-bond acceptors (Lipinski definition) is 15. The molecule has 3 N–H and O–H groups in total. The van der Waals surface area contributed by atoms with Crippen LogP contribution in [0.5, 0.6) is 0 Å². The standard InChI is InChI=1S/C69H134O17P2/c1-7-10-12-14-16-17-18-26-29-33-40-46-52-67(72)80-58-64(85-68(73)53-47-41-34-30-27-24-22-20-19-21-23-25-28-32-37-43-49-61(4)5)59-83-87(75,76)81-55-63(70)56-82-88(77,78)84-60-65(57-79-66(71)51-45-39-31-15-13-11-8-2)86-69(74)54-48-42-36-35-38-44-50-62(6)9-3/h61-65,70H,7-60H2,1-6H3,(H,75,76)(H,77,78)/t62?,63-,64-,65-/m1/s1. The fourth-order valence-electron chi connectivity index (χ4n) is 10.4. The second-order valence-corrected chi connectivity index (χ2v) is 28.5. The van der Waals surface area contributed by atoms with Crippen molar-refractivity contribution in [3.05, 3.63) is 0 Å². The molecule has 0 amide bonds. The van der Waals surface area contributed by atoms with Crippen LogP contribution in [-0.2, 0) is 65.4 Å². The second kappa shape index (κ2) is 61.3. The largest absolute Gasteiger partial charge is 0.472 e. The smallest absolute Gasteiger partial charge is 0.462 e. The maximum atomic E-state index is 13.0. The third kappa shape index (κ3) is 61.6. The van der Waals surface area contributed by atoms with Crippen molar-refractivity contribution in [1.82, 2.24) is 0 Å². The summed E-state index contributed by atoms with van der Waals surface area (Å²) in [6, 6.07) is 0. The molecule has 6 atom stereocenters. The molecule has 0 aromatic rings. The highest BCUT2D eigenvalue weighted by Gasteiger charge is 2.30. The molecule has 0 aliphatic rings. The van der Waals surface area contributed by atoms with Gasteiger partial charge in [0.2, 0.25) is 0 Å². The summed E-state index contributed by atoms with van der Waals surface area (Å²) in [6.45, 7) is 9.48. The Bertz CT molecular complexity index is 1720. The lowest BCUT2D eigenvalue weighted by Gasteiger charge is -2.21. The average molecular weight is 1300 g/mol. The summed E-state index contributed by atoms with van der Waals surface area (Å²) in [4.78, 5) is 72.3. The molecule has 522 valence electrons. The SMILES string of the molecule is CCCCCCCCCCCCCCC(=O)OC[C@H](COP(=O)(O)OC[C@@H](O)COP(=O)(O)OC[C@@H](COC(=O)CCCCCCCCC)OC(=O)CCCCCCCCC(C)CC)OC(=O)CCCCCCCCCCCCCCCCCCC(C)C.